The maximum Gasteiger partial charge on any atom is 0.255 e. The Morgan fingerprint density at radius 1 is 0.906 bits per heavy atom. The summed E-state index contributed by atoms with van der Waals surface area (Å²) in [6.45, 7) is 2.74. The van der Waals surface area contributed by atoms with Gasteiger partial charge in [0.1, 0.15) is 5.82 Å². The van der Waals surface area contributed by atoms with Crippen LogP contribution >= 0.6 is 11.6 Å². The fourth-order valence-electron chi connectivity index (χ4n) is 4.88. The van der Waals surface area contributed by atoms with Crippen LogP contribution in [0.15, 0.2) is 48.7 Å². The number of hydrogen-bond donors (Lipinski definition) is 0. The van der Waals surface area contributed by atoms with Gasteiger partial charge in [0, 0.05) is 42.3 Å². The Bertz CT molecular complexity index is 1360. The molecule has 1 amide bonds. The minimum atomic E-state index is 0.0852. The van der Waals surface area contributed by atoms with Gasteiger partial charge in [0.25, 0.3) is 5.91 Å². The molecule has 0 saturated carbocycles. The third-order valence-electron chi connectivity index (χ3n) is 6.51. The van der Waals surface area contributed by atoms with E-state index in [-0.39, 0.29) is 5.91 Å². The van der Waals surface area contributed by atoms with Crippen molar-refractivity contribution in [2.24, 2.45) is 0 Å². The van der Waals surface area contributed by atoms with E-state index in [4.69, 9.17) is 21.6 Å². The molecule has 0 unspecified atom stereocenters. The van der Waals surface area contributed by atoms with Gasteiger partial charge in [-0.2, -0.15) is 0 Å². The summed E-state index contributed by atoms with van der Waals surface area (Å²) in [7, 11) is 0. The first-order chi connectivity index (χ1) is 15.7. The molecule has 4 aromatic rings. The number of aromatic nitrogens is 3. The van der Waals surface area contributed by atoms with Gasteiger partial charge in [-0.25, -0.2) is 4.98 Å². The first kappa shape index (κ1) is 19.4. The molecule has 0 spiro atoms. The van der Waals surface area contributed by atoms with E-state index in [0.29, 0.717) is 18.1 Å². The van der Waals surface area contributed by atoms with Gasteiger partial charge in [-0.3, -0.25) is 14.8 Å². The van der Waals surface area contributed by atoms with Crippen LogP contribution in [0.2, 0.25) is 5.02 Å². The number of amides is 1. The largest absolute Gasteiger partial charge is 0.352 e. The molecule has 2 aromatic heterocycles. The van der Waals surface area contributed by atoms with Crippen LogP contribution in [-0.4, -0.2) is 51.9 Å². The summed E-state index contributed by atoms with van der Waals surface area (Å²) in [5.74, 6) is 0.944. The van der Waals surface area contributed by atoms with E-state index in [1.54, 1.807) is 0 Å². The van der Waals surface area contributed by atoms with Gasteiger partial charge in [0.15, 0.2) is 0 Å². The molecule has 0 atom stereocenters. The standard InChI is InChI=1S/C25H22ClN5O/c26-16-8-9-20-18(14-16)24(17-4-3-7-19(17)28-20)25(32)31-12-10-30(11-13-31)23-15-27-21-5-1-2-6-22(21)29-23/h1-2,5-6,8-9,14-15H,3-4,7,10-13H2. The number of rotatable bonds is 2. The van der Waals surface area contributed by atoms with Gasteiger partial charge in [-0.05, 0) is 55.2 Å². The Hall–Kier alpha value is -3.25. The number of pyridine rings is 1. The van der Waals surface area contributed by atoms with Crippen LogP contribution in [-0.2, 0) is 12.8 Å². The number of piperazine rings is 1. The zero-order chi connectivity index (χ0) is 21.7. The van der Waals surface area contributed by atoms with Crippen molar-refractivity contribution in [3.8, 4) is 0 Å². The second kappa shape index (κ2) is 7.71. The number of benzene rings is 2. The summed E-state index contributed by atoms with van der Waals surface area (Å²) in [5, 5.41) is 1.50. The van der Waals surface area contributed by atoms with Crippen molar-refractivity contribution in [3.05, 3.63) is 70.5 Å². The lowest BCUT2D eigenvalue weighted by atomic mass is 9.99. The summed E-state index contributed by atoms with van der Waals surface area (Å²) >= 11 is 6.29. The lowest BCUT2D eigenvalue weighted by molar-refractivity contribution is 0.0747. The second-order valence-corrected chi connectivity index (χ2v) is 8.86. The average Bonchev–Trinajstić information content (AvgIpc) is 3.30. The smallest absolute Gasteiger partial charge is 0.255 e. The summed E-state index contributed by atoms with van der Waals surface area (Å²) < 4.78 is 0. The van der Waals surface area contributed by atoms with Crippen molar-refractivity contribution in [1.29, 1.82) is 0 Å². The molecule has 32 heavy (non-hydrogen) atoms. The molecule has 1 aliphatic heterocycles. The van der Waals surface area contributed by atoms with Crippen LogP contribution in [0.25, 0.3) is 21.9 Å². The number of carbonyl (C=O) groups excluding carboxylic acids is 1. The molecular weight excluding hydrogens is 422 g/mol. The van der Waals surface area contributed by atoms with Gasteiger partial charge in [0.05, 0.1) is 28.3 Å². The van der Waals surface area contributed by atoms with Crippen molar-refractivity contribution in [1.82, 2.24) is 19.9 Å². The Kier molecular flexibility index (Phi) is 4.68. The quantitative estimate of drug-likeness (QED) is 0.462. The van der Waals surface area contributed by atoms with Crippen molar-refractivity contribution < 1.29 is 4.79 Å². The minimum absolute atomic E-state index is 0.0852. The van der Waals surface area contributed by atoms with E-state index in [1.807, 2.05) is 53.6 Å². The van der Waals surface area contributed by atoms with E-state index in [1.165, 1.54) is 0 Å². The third-order valence-corrected chi connectivity index (χ3v) is 6.75. The Morgan fingerprint density at radius 2 is 1.72 bits per heavy atom. The highest BCUT2D eigenvalue weighted by Gasteiger charge is 2.29. The van der Waals surface area contributed by atoms with Gasteiger partial charge < -0.3 is 9.80 Å². The van der Waals surface area contributed by atoms with E-state index in [0.717, 1.165) is 76.9 Å². The molecule has 0 radical (unpaired) electrons. The molecule has 1 saturated heterocycles. The summed E-state index contributed by atoms with van der Waals surface area (Å²) in [6, 6.07) is 13.5. The van der Waals surface area contributed by atoms with Crippen LogP contribution < -0.4 is 4.90 Å². The summed E-state index contributed by atoms with van der Waals surface area (Å²) in [4.78, 5) is 32.0. The molecule has 160 valence electrons. The van der Waals surface area contributed by atoms with Gasteiger partial charge in [-0.15, -0.1) is 0 Å². The molecule has 6 rings (SSSR count). The summed E-state index contributed by atoms with van der Waals surface area (Å²) in [5.41, 5.74) is 5.59. The number of nitrogens with zero attached hydrogens (tertiary/aromatic N) is 5. The third kappa shape index (κ3) is 3.26. The van der Waals surface area contributed by atoms with Crippen LogP contribution in [0.4, 0.5) is 5.82 Å². The number of halogens is 1. The topological polar surface area (TPSA) is 62.2 Å². The first-order valence-electron chi connectivity index (χ1n) is 11.0. The Labute approximate surface area is 190 Å². The number of fused-ring (bicyclic) bond motifs is 3. The average molecular weight is 444 g/mol. The lowest BCUT2D eigenvalue weighted by Crippen LogP contribution is -2.49. The number of aryl methyl sites for hydroxylation is 1. The van der Waals surface area contributed by atoms with Crippen molar-refractivity contribution >= 4 is 45.3 Å². The van der Waals surface area contributed by atoms with Crippen LogP contribution in [0, 0.1) is 0 Å². The fraction of sp³-hybridized carbons (Fsp3) is 0.280. The molecule has 0 bridgehead atoms. The zero-order valence-corrected chi connectivity index (χ0v) is 18.3. The maximum atomic E-state index is 13.7. The van der Waals surface area contributed by atoms with E-state index >= 15 is 0 Å². The van der Waals surface area contributed by atoms with Crippen molar-refractivity contribution in [2.45, 2.75) is 19.3 Å². The Balaban J connectivity index is 1.28. The number of anilines is 1. The van der Waals surface area contributed by atoms with Gasteiger partial charge in [0.2, 0.25) is 0 Å². The normalized spacial score (nSPS) is 16.0. The lowest BCUT2D eigenvalue weighted by Gasteiger charge is -2.35. The van der Waals surface area contributed by atoms with Crippen LogP contribution in [0.3, 0.4) is 0 Å². The Morgan fingerprint density at radius 3 is 2.56 bits per heavy atom. The molecule has 3 heterocycles. The minimum Gasteiger partial charge on any atom is -0.352 e. The molecule has 7 heteroatoms. The summed E-state index contributed by atoms with van der Waals surface area (Å²) in [6.07, 6.45) is 4.70. The van der Waals surface area contributed by atoms with Gasteiger partial charge in [-0.1, -0.05) is 23.7 Å². The molecule has 0 N–H and O–H groups in total. The molecular formula is C25H22ClN5O. The molecule has 1 aliphatic carbocycles. The second-order valence-electron chi connectivity index (χ2n) is 8.42. The van der Waals surface area contributed by atoms with Gasteiger partial charge >= 0.3 is 0 Å². The predicted molar refractivity (Wildman–Crippen MR) is 126 cm³/mol. The van der Waals surface area contributed by atoms with Crippen molar-refractivity contribution in [3.63, 3.8) is 0 Å². The number of carbonyl (C=O) groups is 1. The predicted octanol–water partition coefficient (Wildman–Crippen LogP) is 4.28. The zero-order valence-electron chi connectivity index (χ0n) is 17.6. The number of para-hydroxylation sites is 2. The SMILES string of the molecule is O=C(c1c2c(nc3ccc(Cl)cc13)CCC2)N1CCN(c2cnc3ccccc3n2)CC1. The van der Waals surface area contributed by atoms with Crippen LogP contribution in [0.1, 0.15) is 28.0 Å². The van der Waals surface area contributed by atoms with E-state index < -0.39 is 0 Å². The highest BCUT2D eigenvalue weighted by atomic mass is 35.5. The molecule has 6 nitrogen and oxygen atoms in total. The van der Waals surface area contributed by atoms with Crippen LogP contribution in [0.5, 0.6) is 0 Å². The van der Waals surface area contributed by atoms with E-state index in [9.17, 15) is 4.79 Å². The molecule has 2 aliphatic rings. The fourth-order valence-corrected chi connectivity index (χ4v) is 5.05. The first-order valence-corrected chi connectivity index (χ1v) is 11.4. The molecule has 1 fully saturated rings. The number of hydrogen-bond acceptors (Lipinski definition) is 5. The molecule has 2 aromatic carbocycles. The van der Waals surface area contributed by atoms with E-state index in [2.05, 4.69) is 9.88 Å². The highest BCUT2D eigenvalue weighted by molar-refractivity contribution is 6.31. The van der Waals surface area contributed by atoms with Crippen molar-refractivity contribution in [2.75, 3.05) is 31.1 Å². The maximum absolute atomic E-state index is 13.7. The monoisotopic (exact) mass is 443 g/mol. The highest BCUT2D eigenvalue weighted by Crippen LogP contribution is 2.32.